The molecule has 1 heterocycles. The Morgan fingerprint density at radius 3 is 2.63 bits per heavy atom. The molecule has 1 aliphatic carbocycles. The molecule has 3 rings (SSSR count). The standard InChI is InChI=1S/C16H21N3/c1-12-7-13(2)9-14(8-12)11-19-16(5-6-18-19)10-17-15-3-4-15/h5-9,15,17H,3-4,10-11H2,1-2H3. The Morgan fingerprint density at radius 2 is 1.95 bits per heavy atom. The van der Waals surface area contributed by atoms with Crippen molar-refractivity contribution >= 4 is 0 Å². The van der Waals surface area contributed by atoms with Gasteiger partial charge in [0.15, 0.2) is 0 Å². The zero-order valence-electron chi connectivity index (χ0n) is 11.7. The highest BCUT2D eigenvalue weighted by atomic mass is 15.3. The molecule has 1 saturated carbocycles. The summed E-state index contributed by atoms with van der Waals surface area (Å²) < 4.78 is 2.10. The molecule has 0 atom stereocenters. The lowest BCUT2D eigenvalue weighted by atomic mass is 10.1. The fraction of sp³-hybridized carbons (Fsp3) is 0.438. The molecular formula is C16H21N3. The first kappa shape index (κ1) is 12.4. The number of rotatable bonds is 5. The van der Waals surface area contributed by atoms with Crippen LogP contribution in [0.15, 0.2) is 30.5 Å². The van der Waals surface area contributed by atoms with Gasteiger partial charge in [-0.3, -0.25) is 4.68 Å². The van der Waals surface area contributed by atoms with Crippen LogP contribution in [-0.2, 0) is 13.1 Å². The first-order valence-electron chi connectivity index (χ1n) is 7.02. The Hall–Kier alpha value is -1.61. The number of aromatic nitrogens is 2. The molecular weight excluding hydrogens is 234 g/mol. The molecule has 0 spiro atoms. The van der Waals surface area contributed by atoms with E-state index in [9.17, 15) is 0 Å². The molecule has 1 N–H and O–H groups in total. The van der Waals surface area contributed by atoms with Crippen molar-refractivity contribution in [2.24, 2.45) is 0 Å². The van der Waals surface area contributed by atoms with Crippen molar-refractivity contribution in [1.29, 1.82) is 0 Å². The number of nitrogens with zero attached hydrogens (tertiary/aromatic N) is 2. The molecule has 0 bridgehead atoms. The van der Waals surface area contributed by atoms with Crippen molar-refractivity contribution in [1.82, 2.24) is 15.1 Å². The molecule has 0 radical (unpaired) electrons. The van der Waals surface area contributed by atoms with E-state index in [1.165, 1.54) is 35.2 Å². The number of aryl methyl sites for hydroxylation is 2. The van der Waals surface area contributed by atoms with Crippen molar-refractivity contribution in [3.05, 3.63) is 52.8 Å². The molecule has 1 aliphatic rings. The lowest BCUT2D eigenvalue weighted by Gasteiger charge is -2.10. The van der Waals surface area contributed by atoms with Crippen molar-refractivity contribution in [2.45, 2.75) is 45.8 Å². The summed E-state index contributed by atoms with van der Waals surface area (Å²) in [5, 5.41) is 7.99. The van der Waals surface area contributed by atoms with Crippen LogP contribution in [0.4, 0.5) is 0 Å². The van der Waals surface area contributed by atoms with E-state index in [-0.39, 0.29) is 0 Å². The summed E-state index contributed by atoms with van der Waals surface area (Å²) in [6, 6.07) is 9.55. The molecule has 0 saturated heterocycles. The third kappa shape index (κ3) is 3.24. The zero-order valence-corrected chi connectivity index (χ0v) is 11.7. The van der Waals surface area contributed by atoms with Gasteiger partial charge >= 0.3 is 0 Å². The number of hydrogen-bond donors (Lipinski definition) is 1. The van der Waals surface area contributed by atoms with Crippen LogP contribution in [0, 0.1) is 13.8 Å². The normalized spacial score (nSPS) is 14.8. The molecule has 3 heteroatoms. The number of hydrogen-bond acceptors (Lipinski definition) is 2. The van der Waals surface area contributed by atoms with Crippen LogP contribution in [0.3, 0.4) is 0 Å². The monoisotopic (exact) mass is 255 g/mol. The fourth-order valence-corrected chi connectivity index (χ4v) is 2.52. The van der Waals surface area contributed by atoms with Gasteiger partial charge in [0, 0.05) is 18.8 Å². The van der Waals surface area contributed by atoms with E-state index in [0.717, 1.165) is 19.1 Å². The number of benzene rings is 1. The number of nitrogens with one attached hydrogen (secondary N) is 1. The van der Waals surface area contributed by atoms with Gasteiger partial charge in [0.05, 0.1) is 12.2 Å². The highest BCUT2D eigenvalue weighted by molar-refractivity contribution is 5.28. The van der Waals surface area contributed by atoms with Crippen molar-refractivity contribution in [3.63, 3.8) is 0 Å². The summed E-state index contributed by atoms with van der Waals surface area (Å²) in [5.74, 6) is 0. The molecule has 2 aromatic rings. The van der Waals surface area contributed by atoms with E-state index < -0.39 is 0 Å². The summed E-state index contributed by atoms with van der Waals surface area (Å²) in [5.41, 5.74) is 5.24. The summed E-state index contributed by atoms with van der Waals surface area (Å²) >= 11 is 0. The van der Waals surface area contributed by atoms with Crippen molar-refractivity contribution < 1.29 is 0 Å². The second-order valence-electron chi connectivity index (χ2n) is 5.63. The van der Waals surface area contributed by atoms with Crippen LogP contribution in [0.2, 0.25) is 0 Å². The molecule has 100 valence electrons. The largest absolute Gasteiger partial charge is 0.308 e. The van der Waals surface area contributed by atoms with Gasteiger partial charge in [0.25, 0.3) is 0 Å². The van der Waals surface area contributed by atoms with Crippen LogP contribution >= 0.6 is 0 Å². The second kappa shape index (κ2) is 5.17. The molecule has 1 aromatic heterocycles. The summed E-state index contributed by atoms with van der Waals surface area (Å²) in [6.07, 6.45) is 4.54. The third-order valence-corrected chi connectivity index (χ3v) is 3.57. The minimum Gasteiger partial charge on any atom is -0.308 e. The maximum absolute atomic E-state index is 4.45. The van der Waals surface area contributed by atoms with Gasteiger partial charge < -0.3 is 5.32 Å². The lowest BCUT2D eigenvalue weighted by Crippen LogP contribution is -2.19. The van der Waals surface area contributed by atoms with Gasteiger partial charge in [-0.15, -0.1) is 0 Å². The van der Waals surface area contributed by atoms with Crippen molar-refractivity contribution in [3.8, 4) is 0 Å². The van der Waals surface area contributed by atoms with Gasteiger partial charge in [-0.25, -0.2) is 0 Å². The highest BCUT2D eigenvalue weighted by Gasteiger charge is 2.20. The van der Waals surface area contributed by atoms with E-state index in [1.54, 1.807) is 0 Å². The van der Waals surface area contributed by atoms with Gasteiger partial charge in [-0.1, -0.05) is 29.3 Å². The minimum atomic E-state index is 0.740. The van der Waals surface area contributed by atoms with Crippen LogP contribution in [-0.4, -0.2) is 15.8 Å². The van der Waals surface area contributed by atoms with Gasteiger partial charge in [-0.2, -0.15) is 5.10 Å². The van der Waals surface area contributed by atoms with Gasteiger partial charge in [0.2, 0.25) is 0 Å². The predicted octanol–water partition coefficient (Wildman–Crippen LogP) is 2.80. The molecule has 3 nitrogen and oxygen atoms in total. The second-order valence-corrected chi connectivity index (χ2v) is 5.63. The van der Waals surface area contributed by atoms with Gasteiger partial charge in [0.1, 0.15) is 0 Å². The first-order chi connectivity index (χ1) is 9.20. The maximum atomic E-state index is 4.45. The molecule has 1 aromatic carbocycles. The Balaban J connectivity index is 1.72. The molecule has 0 amide bonds. The summed E-state index contributed by atoms with van der Waals surface area (Å²) in [6.45, 7) is 6.08. The van der Waals surface area contributed by atoms with E-state index in [0.29, 0.717) is 0 Å². The molecule has 19 heavy (non-hydrogen) atoms. The molecule has 1 fully saturated rings. The highest BCUT2D eigenvalue weighted by Crippen LogP contribution is 2.19. The average Bonchev–Trinajstić information content (AvgIpc) is 3.07. The third-order valence-electron chi connectivity index (χ3n) is 3.57. The van der Waals surface area contributed by atoms with Crippen LogP contribution in [0.1, 0.15) is 35.2 Å². The maximum Gasteiger partial charge on any atom is 0.0663 e. The SMILES string of the molecule is Cc1cc(C)cc(Cn2nccc2CNC2CC2)c1. The van der Waals surface area contributed by atoms with Crippen LogP contribution in [0.25, 0.3) is 0 Å². The zero-order chi connectivity index (χ0) is 13.2. The van der Waals surface area contributed by atoms with Crippen molar-refractivity contribution in [2.75, 3.05) is 0 Å². The Kier molecular flexibility index (Phi) is 3.38. The summed E-state index contributed by atoms with van der Waals surface area (Å²) in [7, 11) is 0. The predicted molar refractivity (Wildman–Crippen MR) is 77.1 cm³/mol. The molecule has 0 aliphatic heterocycles. The van der Waals surface area contributed by atoms with Crippen LogP contribution < -0.4 is 5.32 Å². The van der Waals surface area contributed by atoms with E-state index in [4.69, 9.17) is 0 Å². The van der Waals surface area contributed by atoms with Crippen LogP contribution in [0.5, 0.6) is 0 Å². The van der Waals surface area contributed by atoms with E-state index in [2.05, 4.69) is 53.2 Å². The minimum absolute atomic E-state index is 0.740. The van der Waals surface area contributed by atoms with E-state index in [1.807, 2.05) is 6.20 Å². The Bertz CT molecular complexity index is 547. The Morgan fingerprint density at radius 1 is 1.21 bits per heavy atom. The summed E-state index contributed by atoms with van der Waals surface area (Å²) in [4.78, 5) is 0. The quantitative estimate of drug-likeness (QED) is 0.890. The smallest absolute Gasteiger partial charge is 0.0663 e. The van der Waals surface area contributed by atoms with E-state index >= 15 is 0 Å². The average molecular weight is 255 g/mol. The fourth-order valence-electron chi connectivity index (χ4n) is 2.52. The molecule has 0 unspecified atom stereocenters. The topological polar surface area (TPSA) is 29.9 Å². The Labute approximate surface area is 114 Å². The first-order valence-corrected chi connectivity index (χ1v) is 7.02. The van der Waals surface area contributed by atoms with Gasteiger partial charge in [-0.05, 0) is 38.3 Å². The lowest BCUT2D eigenvalue weighted by molar-refractivity contribution is 0.593.